The second-order valence-corrected chi connectivity index (χ2v) is 8.43. The number of halogens is 3. The van der Waals surface area contributed by atoms with Gasteiger partial charge in [0.15, 0.2) is 0 Å². The van der Waals surface area contributed by atoms with Crippen LogP contribution in [0.25, 0.3) is 0 Å². The highest BCUT2D eigenvalue weighted by molar-refractivity contribution is 6.42. The van der Waals surface area contributed by atoms with Crippen LogP contribution in [-0.4, -0.2) is 41.9 Å². The van der Waals surface area contributed by atoms with Gasteiger partial charge in [-0.25, -0.2) is 0 Å². The van der Waals surface area contributed by atoms with Gasteiger partial charge >= 0.3 is 0 Å². The summed E-state index contributed by atoms with van der Waals surface area (Å²) in [6.07, 6.45) is 0.868. The first-order valence-corrected chi connectivity index (χ1v) is 10.5. The van der Waals surface area contributed by atoms with Crippen LogP contribution in [0.5, 0.6) is 0 Å². The Morgan fingerprint density at radius 1 is 1.10 bits per heavy atom. The summed E-state index contributed by atoms with van der Waals surface area (Å²) in [5.41, 5.74) is 1.54. The van der Waals surface area contributed by atoms with Crippen LogP contribution in [0.2, 0.25) is 15.1 Å². The molecule has 29 heavy (non-hydrogen) atoms. The fourth-order valence-corrected chi connectivity index (χ4v) is 3.68. The molecule has 154 valence electrons. The van der Waals surface area contributed by atoms with Gasteiger partial charge in [0.1, 0.15) is 6.04 Å². The third-order valence-electron chi connectivity index (χ3n) is 4.86. The van der Waals surface area contributed by atoms with E-state index in [1.807, 2.05) is 24.3 Å². The predicted molar refractivity (Wildman–Crippen MR) is 117 cm³/mol. The van der Waals surface area contributed by atoms with E-state index in [0.29, 0.717) is 15.6 Å². The van der Waals surface area contributed by atoms with Crippen molar-refractivity contribution >= 4 is 46.6 Å². The van der Waals surface area contributed by atoms with Crippen LogP contribution in [0.3, 0.4) is 0 Å². The standard InChI is InChI=1S/C21H22Cl3N3O2/c1-13(25-21(29)15-4-7-18(23)19(24)10-15)20(28)26-17-8-9-27(12-17)11-14-2-5-16(22)6-3-14/h2-7,10,13,17H,8-9,11-12H2,1H3,(H,25,29)(H,26,28)/t13-,17+/m0/s1. The third kappa shape index (κ3) is 6.09. The van der Waals surface area contributed by atoms with Crippen molar-refractivity contribution in [2.45, 2.75) is 32.0 Å². The topological polar surface area (TPSA) is 61.4 Å². The molecule has 1 saturated heterocycles. The smallest absolute Gasteiger partial charge is 0.251 e. The molecule has 0 unspecified atom stereocenters. The first kappa shape index (κ1) is 21.9. The van der Waals surface area contributed by atoms with Crippen LogP contribution in [0, 0.1) is 0 Å². The van der Waals surface area contributed by atoms with E-state index in [4.69, 9.17) is 34.8 Å². The molecule has 0 saturated carbocycles. The van der Waals surface area contributed by atoms with Crippen molar-refractivity contribution in [3.05, 3.63) is 68.7 Å². The molecule has 1 fully saturated rings. The highest BCUT2D eigenvalue weighted by Gasteiger charge is 2.26. The number of carbonyl (C=O) groups is 2. The van der Waals surface area contributed by atoms with Gasteiger partial charge in [-0.3, -0.25) is 14.5 Å². The highest BCUT2D eigenvalue weighted by Crippen LogP contribution is 2.22. The number of nitrogens with one attached hydrogen (secondary N) is 2. The van der Waals surface area contributed by atoms with Crippen LogP contribution >= 0.6 is 34.8 Å². The molecule has 2 aromatic carbocycles. The molecule has 1 aliphatic heterocycles. The van der Waals surface area contributed by atoms with E-state index in [1.165, 1.54) is 11.6 Å². The Labute approximate surface area is 185 Å². The van der Waals surface area contributed by atoms with Crippen LogP contribution in [-0.2, 0) is 11.3 Å². The Morgan fingerprint density at radius 2 is 1.83 bits per heavy atom. The molecule has 1 aliphatic rings. The van der Waals surface area contributed by atoms with E-state index in [1.54, 1.807) is 19.1 Å². The fraction of sp³-hybridized carbons (Fsp3) is 0.333. The minimum Gasteiger partial charge on any atom is -0.350 e. The van der Waals surface area contributed by atoms with Crippen molar-refractivity contribution in [3.8, 4) is 0 Å². The molecule has 1 heterocycles. The second-order valence-electron chi connectivity index (χ2n) is 7.18. The quantitative estimate of drug-likeness (QED) is 0.689. The molecule has 5 nitrogen and oxygen atoms in total. The lowest BCUT2D eigenvalue weighted by Crippen LogP contribution is -2.48. The van der Waals surface area contributed by atoms with Gasteiger partial charge in [0, 0.05) is 36.3 Å². The van der Waals surface area contributed by atoms with Crippen molar-refractivity contribution < 1.29 is 9.59 Å². The number of carbonyl (C=O) groups excluding carboxylic acids is 2. The van der Waals surface area contributed by atoms with Gasteiger partial charge in [-0.05, 0) is 49.2 Å². The van der Waals surface area contributed by atoms with Gasteiger partial charge in [-0.2, -0.15) is 0 Å². The predicted octanol–water partition coefficient (Wildman–Crippen LogP) is 4.16. The molecular weight excluding hydrogens is 433 g/mol. The van der Waals surface area contributed by atoms with E-state index in [9.17, 15) is 9.59 Å². The lowest BCUT2D eigenvalue weighted by atomic mass is 10.2. The molecule has 2 aromatic rings. The van der Waals surface area contributed by atoms with E-state index >= 15 is 0 Å². The van der Waals surface area contributed by atoms with Gasteiger partial charge < -0.3 is 10.6 Å². The molecule has 2 N–H and O–H groups in total. The SMILES string of the molecule is C[C@H](NC(=O)c1ccc(Cl)c(Cl)c1)C(=O)N[C@@H]1CCN(Cc2ccc(Cl)cc2)C1. The second kappa shape index (κ2) is 9.81. The van der Waals surface area contributed by atoms with Gasteiger partial charge in [0.05, 0.1) is 10.0 Å². The lowest BCUT2D eigenvalue weighted by molar-refractivity contribution is -0.123. The van der Waals surface area contributed by atoms with E-state index in [0.717, 1.165) is 31.1 Å². The molecule has 2 atom stereocenters. The number of hydrogen-bond acceptors (Lipinski definition) is 3. The zero-order chi connectivity index (χ0) is 21.0. The van der Waals surface area contributed by atoms with Crippen molar-refractivity contribution in [3.63, 3.8) is 0 Å². The molecular formula is C21H22Cl3N3O2. The molecule has 0 bridgehead atoms. The van der Waals surface area contributed by atoms with Crippen molar-refractivity contribution in [1.29, 1.82) is 0 Å². The molecule has 3 rings (SSSR count). The minimum absolute atomic E-state index is 0.0547. The molecule has 2 amide bonds. The maximum absolute atomic E-state index is 12.5. The monoisotopic (exact) mass is 453 g/mol. The van der Waals surface area contributed by atoms with Crippen LogP contribution in [0.4, 0.5) is 0 Å². The van der Waals surface area contributed by atoms with E-state index in [2.05, 4.69) is 15.5 Å². The summed E-state index contributed by atoms with van der Waals surface area (Å²) in [5, 5.41) is 7.10. The zero-order valence-corrected chi connectivity index (χ0v) is 18.2. The number of likely N-dealkylation sites (tertiary alicyclic amines) is 1. The van der Waals surface area contributed by atoms with Crippen molar-refractivity contribution in [1.82, 2.24) is 15.5 Å². The molecule has 0 aromatic heterocycles. The van der Waals surface area contributed by atoms with Crippen LogP contribution in [0.1, 0.15) is 29.3 Å². The highest BCUT2D eigenvalue weighted by atomic mass is 35.5. The summed E-state index contributed by atoms with van der Waals surface area (Å²) in [6, 6.07) is 11.8. The fourth-order valence-electron chi connectivity index (χ4n) is 3.25. The number of benzene rings is 2. The summed E-state index contributed by atoms with van der Waals surface area (Å²) in [5.74, 6) is -0.584. The first-order chi connectivity index (χ1) is 13.8. The zero-order valence-electron chi connectivity index (χ0n) is 15.9. The van der Waals surface area contributed by atoms with Gasteiger partial charge in [-0.15, -0.1) is 0 Å². The Morgan fingerprint density at radius 3 is 2.52 bits per heavy atom. The first-order valence-electron chi connectivity index (χ1n) is 9.35. The van der Waals surface area contributed by atoms with Crippen LogP contribution in [0.15, 0.2) is 42.5 Å². The number of hydrogen-bond donors (Lipinski definition) is 2. The molecule has 0 radical (unpaired) electrons. The summed E-state index contributed by atoms with van der Waals surface area (Å²) in [7, 11) is 0. The van der Waals surface area contributed by atoms with E-state index in [-0.39, 0.29) is 17.9 Å². The maximum atomic E-state index is 12.5. The average Bonchev–Trinajstić information content (AvgIpc) is 3.12. The summed E-state index contributed by atoms with van der Waals surface area (Å²) in [4.78, 5) is 27.1. The number of rotatable bonds is 6. The van der Waals surface area contributed by atoms with E-state index < -0.39 is 6.04 Å². The van der Waals surface area contributed by atoms with Gasteiger partial charge in [0.25, 0.3) is 5.91 Å². The van der Waals surface area contributed by atoms with Crippen molar-refractivity contribution in [2.24, 2.45) is 0 Å². The molecule has 0 aliphatic carbocycles. The Balaban J connectivity index is 1.47. The van der Waals surface area contributed by atoms with Crippen LogP contribution < -0.4 is 10.6 Å². The molecule has 0 spiro atoms. The lowest BCUT2D eigenvalue weighted by Gasteiger charge is -2.19. The van der Waals surface area contributed by atoms with Crippen molar-refractivity contribution in [2.75, 3.05) is 13.1 Å². The Kier molecular flexibility index (Phi) is 7.41. The Bertz CT molecular complexity index is 889. The molecule has 8 heteroatoms. The Hall–Kier alpha value is -1.79. The summed E-state index contributed by atoms with van der Waals surface area (Å²) in [6.45, 7) is 4.14. The summed E-state index contributed by atoms with van der Waals surface area (Å²) >= 11 is 17.7. The average molecular weight is 455 g/mol. The maximum Gasteiger partial charge on any atom is 0.251 e. The number of amides is 2. The minimum atomic E-state index is -0.665. The largest absolute Gasteiger partial charge is 0.350 e. The third-order valence-corrected chi connectivity index (χ3v) is 5.85. The normalized spacial score (nSPS) is 17.7. The number of nitrogens with zero attached hydrogens (tertiary/aromatic N) is 1. The van der Waals surface area contributed by atoms with Gasteiger partial charge in [0.2, 0.25) is 5.91 Å². The summed E-state index contributed by atoms with van der Waals surface area (Å²) < 4.78 is 0. The van der Waals surface area contributed by atoms with Gasteiger partial charge in [-0.1, -0.05) is 46.9 Å².